The largest absolute Gasteiger partial charge is 0.495 e. The van der Waals surface area contributed by atoms with Crippen molar-refractivity contribution < 1.29 is 18.7 Å². The van der Waals surface area contributed by atoms with Gasteiger partial charge in [-0.2, -0.15) is 0 Å². The highest BCUT2D eigenvalue weighted by Gasteiger charge is 2.13. The van der Waals surface area contributed by atoms with Gasteiger partial charge in [0.05, 0.1) is 12.8 Å². The van der Waals surface area contributed by atoms with Crippen LogP contribution in [-0.2, 0) is 6.54 Å². The first-order valence-electron chi connectivity index (χ1n) is 8.50. The Morgan fingerprint density at radius 2 is 1.79 bits per heavy atom. The minimum atomic E-state index is -0.434. The molecule has 142 valence electrons. The molecule has 28 heavy (non-hydrogen) atoms. The van der Waals surface area contributed by atoms with Crippen molar-refractivity contribution >= 4 is 17.5 Å². The quantitative estimate of drug-likeness (QED) is 0.688. The Morgan fingerprint density at radius 3 is 2.54 bits per heavy atom. The second-order valence-corrected chi connectivity index (χ2v) is 5.89. The number of nitrogens with one attached hydrogen (secondary N) is 2. The summed E-state index contributed by atoms with van der Waals surface area (Å²) in [6.45, 7) is 0.221. The molecule has 0 fully saturated rings. The van der Waals surface area contributed by atoms with Gasteiger partial charge in [-0.25, -0.2) is 4.39 Å². The van der Waals surface area contributed by atoms with E-state index in [-0.39, 0.29) is 29.5 Å². The first-order chi connectivity index (χ1) is 13.6. The number of hydrogen-bond acceptors (Lipinski definition) is 4. The Hall–Kier alpha value is -3.74. The SMILES string of the molecule is COc1ccccc1NC(=O)c1ccnc(C(=O)NCc2ccc(F)cc2)c1. The van der Waals surface area contributed by atoms with E-state index in [1.807, 2.05) is 0 Å². The number of carbonyl (C=O) groups excluding carboxylic acids is 2. The summed E-state index contributed by atoms with van der Waals surface area (Å²) in [6, 6.07) is 15.8. The molecule has 6 nitrogen and oxygen atoms in total. The Labute approximate surface area is 161 Å². The maximum atomic E-state index is 12.9. The monoisotopic (exact) mass is 379 g/mol. The summed E-state index contributed by atoms with van der Waals surface area (Å²) in [7, 11) is 1.51. The maximum Gasteiger partial charge on any atom is 0.270 e. The third-order valence-electron chi connectivity index (χ3n) is 3.98. The lowest BCUT2D eigenvalue weighted by Gasteiger charge is -2.10. The molecular weight excluding hydrogens is 361 g/mol. The van der Waals surface area contributed by atoms with Crippen LogP contribution in [0.4, 0.5) is 10.1 Å². The number of amides is 2. The lowest BCUT2D eigenvalue weighted by Crippen LogP contribution is -2.24. The van der Waals surface area contributed by atoms with Gasteiger partial charge in [0.25, 0.3) is 11.8 Å². The van der Waals surface area contributed by atoms with E-state index < -0.39 is 5.91 Å². The summed E-state index contributed by atoms with van der Waals surface area (Å²) in [5.41, 5.74) is 1.66. The van der Waals surface area contributed by atoms with Crippen LogP contribution in [0.15, 0.2) is 66.9 Å². The number of anilines is 1. The molecule has 0 aliphatic carbocycles. The summed E-state index contributed by atoms with van der Waals surface area (Å²) in [5.74, 6) is -0.636. The molecule has 0 atom stereocenters. The van der Waals surface area contributed by atoms with Gasteiger partial charge in [0.15, 0.2) is 0 Å². The molecule has 3 aromatic rings. The number of methoxy groups -OCH3 is 1. The van der Waals surface area contributed by atoms with Crippen LogP contribution in [0.3, 0.4) is 0 Å². The molecule has 0 unspecified atom stereocenters. The van der Waals surface area contributed by atoms with E-state index >= 15 is 0 Å². The zero-order valence-electron chi connectivity index (χ0n) is 15.1. The smallest absolute Gasteiger partial charge is 0.270 e. The van der Waals surface area contributed by atoms with Crippen molar-refractivity contribution in [3.63, 3.8) is 0 Å². The van der Waals surface area contributed by atoms with E-state index in [1.165, 1.54) is 37.6 Å². The molecule has 2 aromatic carbocycles. The molecule has 1 heterocycles. The normalized spacial score (nSPS) is 10.2. The average Bonchev–Trinajstić information content (AvgIpc) is 2.73. The number of halogens is 1. The Bertz CT molecular complexity index is 990. The Morgan fingerprint density at radius 1 is 1.04 bits per heavy atom. The van der Waals surface area contributed by atoms with E-state index in [9.17, 15) is 14.0 Å². The van der Waals surface area contributed by atoms with E-state index in [0.717, 1.165) is 5.56 Å². The molecule has 2 N–H and O–H groups in total. The van der Waals surface area contributed by atoms with E-state index in [0.29, 0.717) is 11.4 Å². The minimum absolute atomic E-state index is 0.106. The summed E-state index contributed by atoms with van der Waals surface area (Å²) in [6.07, 6.45) is 1.39. The zero-order valence-corrected chi connectivity index (χ0v) is 15.1. The van der Waals surface area contributed by atoms with Crippen LogP contribution in [0.2, 0.25) is 0 Å². The standard InChI is InChI=1S/C21H18FN3O3/c1-28-19-5-3-2-4-17(19)25-20(26)15-10-11-23-18(12-15)21(27)24-13-14-6-8-16(22)9-7-14/h2-12H,13H2,1H3,(H,24,27)(H,25,26). The molecule has 0 saturated carbocycles. The molecule has 1 aromatic heterocycles. The fourth-order valence-corrected chi connectivity index (χ4v) is 2.51. The first-order valence-corrected chi connectivity index (χ1v) is 8.50. The summed E-state index contributed by atoms with van der Waals surface area (Å²) >= 11 is 0. The molecule has 2 amide bonds. The highest BCUT2D eigenvalue weighted by atomic mass is 19.1. The fraction of sp³-hybridized carbons (Fsp3) is 0.0952. The lowest BCUT2D eigenvalue weighted by atomic mass is 10.2. The summed E-state index contributed by atoms with van der Waals surface area (Å²) < 4.78 is 18.1. The highest BCUT2D eigenvalue weighted by molar-refractivity contribution is 6.06. The molecular formula is C21H18FN3O3. The van der Waals surface area contributed by atoms with Crippen LogP contribution >= 0.6 is 0 Å². The van der Waals surface area contributed by atoms with Crippen LogP contribution < -0.4 is 15.4 Å². The number of pyridine rings is 1. The van der Waals surface area contributed by atoms with Gasteiger partial charge in [0, 0.05) is 18.3 Å². The minimum Gasteiger partial charge on any atom is -0.495 e. The summed E-state index contributed by atoms with van der Waals surface area (Å²) in [5, 5.41) is 5.44. The number of para-hydroxylation sites is 2. The second kappa shape index (κ2) is 8.77. The van der Waals surface area contributed by atoms with Crippen molar-refractivity contribution in [1.82, 2.24) is 10.3 Å². The van der Waals surface area contributed by atoms with Crippen molar-refractivity contribution in [3.05, 3.63) is 89.5 Å². The van der Waals surface area contributed by atoms with Crippen LogP contribution in [-0.4, -0.2) is 23.9 Å². The molecule has 0 radical (unpaired) electrons. The van der Waals surface area contributed by atoms with Crippen LogP contribution in [0.1, 0.15) is 26.4 Å². The van der Waals surface area contributed by atoms with Gasteiger partial charge >= 0.3 is 0 Å². The van der Waals surface area contributed by atoms with Crippen molar-refractivity contribution in [2.24, 2.45) is 0 Å². The number of carbonyl (C=O) groups is 2. The van der Waals surface area contributed by atoms with Gasteiger partial charge in [-0.15, -0.1) is 0 Å². The molecule has 0 aliphatic heterocycles. The number of ether oxygens (including phenoxy) is 1. The first kappa shape index (κ1) is 19.0. The molecule has 3 rings (SSSR count). The number of aromatic nitrogens is 1. The third-order valence-corrected chi connectivity index (χ3v) is 3.98. The Balaban J connectivity index is 1.68. The van der Waals surface area contributed by atoms with Crippen LogP contribution in [0.5, 0.6) is 5.75 Å². The summed E-state index contributed by atoms with van der Waals surface area (Å²) in [4.78, 5) is 28.8. The van der Waals surface area contributed by atoms with Crippen molar-refractivity contribution in [1.29, 1.82) is 0 Å². The molecule has 0 aliphatic rings. The predicted octanol–water partition coefficient (Wildman–Crippen LogP) is 3.41. The number of benzene rings is 2. The zero-order chi connectivity index (χ0) is 19.9. The second-order valence-electron chi connectivity index (χ2n) is 5.89. The molecule has 0 bridgehead atoms. The number of rotatable bonds is 6. The van der Waals surface area contributed by atoms with Gasteiger partial charge < -0.3 is 15.4 Å². The fourth-order valence-electron chi connectivity index (χ4n) is 2.51. The maximum absolute atomic E-state index is 12.9. The van der Waals surface area contributed by atoms with Crippen molar-refractivity contribution in [2.75, 3.05) is 12.4 Å². The average molecular weight is 379 g/mol. The molecule has 7 heteroatoms. The molecule has 0 spiro atoms. The van der Waals surface area contributed by atoms with E-state index in [1.54, 1.807) is 36.4 Å². The highest BCUT2D eigenvalue weighted by Crippen LogP contribution is 2.23. The van der Waals surface area contributed by atoms with Gasteiger partial charge in [-0.1, -0.05) is 24.3 Å². The van der Waals surface area contributed by atoms with Gasteiger partial charge in [0.1, 0.15) is 17.3 Å². The predicted molar refractivity (Wildman–Crippen MR) is 103 cm³/mol. The third kappa shape index (κ3) is 4.70. The van der Waals surface area contributed by atoms with Crippen molar-refractivity contribution in [3.8, 4) is 5.75 Å². The topological polar surface area (TPSA) is 80.3 Å². The van der Waals surface area contributed by atoms with Gasteiger partial charge in [-0.05, 0) is 42.0 Å². The van der Waals surface area contributed by atoms with Crippen LogP contribution in [0, 0.1) is 5.82 Å². The van der Waals surface area contributed by atoms with E-state index in [2.05, 4.69) is 15.6 Å². The number of nitrogens with zero attached hydrogens (tertiary/aromatic N) is 1. The Kier molecular flexibility index (Phi) is 5.96. The van der Waals surface area contributed by atoms with Crippen molar-refractivity contribution in [2.45, 2.75) is 6.54 Å². The van der Waals surface area contributed by atoms with Crippen LogP contribution in [0.25, 0.3) is 0 Å². The van der Waals surface area contributed by atoms with E-state index in [4.69, 9.17) is 4.74 Å². The molecule has 0 saturated heterocycles. The van der Waals surface area contributed by atoms with Gasteiger partial charge in [0.2, 0.25) is 0 Å². The lowest BCUT2D eigenvalue weighted by molar-refractivity contribution is 0.0946. The van der Waals surface area contributed by atoms with Gasteiger partial charge in [-0.3, -0.25) is 14.6 Å². The number of hydrogen-bond donors (Lipinski definition) is 2.